The predicted molar refractivity (Wildman–Crippen MR) is 78.3 cm³/mol. The van der Waals surface area contributed by atoms with E-state index >= 15 is 0 Å². The van der Waals surface area contributed by atoms with Crippen molar-refractivity contribution in [1.82, 2.24) is 14.8 Å². The lowest BCUT2D eigenvalue weighted by Gasteiger charge is -2.20. The Kier molecular flexibility index (Phi) is 4.75. The van der Waals surface area contributed by atoms with Crippen LogP contribution in [0.2, 0.25) is 0 Å². The molecule has 2 heterocycles. The maximum Gasteiger partial charge on any atom is 0.228 e. The molecule has 1 aliphatic heterocycles. The molecule has 0 bridgehead atoms. The van der Waals surface area contributed by atoms with Gasteiger partial charge in [0, 0.05) is 37.6 Å². The van der Waals surface area contributed by atoms with E-state index in [2.05, 4.69) is 11.9 Å². The summed E-state index contributed by atoms with van der Waals surface area (Å²) in [6, 6.07) is 0. The van der Waals surface area contributed by atoms with Crippen molar-refractivity contribution < 1.29 is 9.59 Å². The molecule has 0 spiro atoms. The van der Waals surface area contributed by atoms with Gasteiger partial charge in [0.05, 0.1) is 12.5 Å². The van der Waals surface area contributed by atoms with Crippen LogP contribution in [-0.4, -0.2) is 46.7 Å². The van der Waals surface area contributed by atoms with Crippen LogP contribution >= 0.6 is 11.3 Å². The van der Waals surface area contributed by atoms with Crippen LogP contribution in [0.3, 0.4) is 0 Å². The van der Waals surface area contributed by atoms with E-state index in [1.54, 1.807) is 28.2 Å². The molecule has 6 heteroatoms. The van der Waals surface area contributed by atoms with E-state index in [1.807, 2.05) is 13.1 Å². The maximum absolute atomic E-state index is 12.4. The zero-order valence-corrected chi connectivity index (χ0v) is 13.1. The summed E-state index contributed by atoms with van der Waals surface area (Å²) in [5, 5.41) is 0.953. The Hall–Kier alpha value is -1.43. The fourth-order valence-corrected chi connectivity index (χ4v) is 3.34. The summed E-state index contributed by atoms with van der Waals surface area (Å²) in [5.74, 6) is -0.0672. The predicted octanol–water partition coefficient (Wildman–Crippen LogP) is 1.53. The minimum Gasteiger partial charge on any atom is -0.342 e. The number of thiazole rings is 1. The van der Waals surface area contributed by atoms with Gasteiger partial charge in [0.25, 0.3) is 0 Å². The number of carbonyl (C=O) groups is 2. The van der Waals surface area contributed by atoms with E-state index in [0.717, 1.165) is 11.4 Å². The molecule has 2 amide bonds. The number of likely N-dealkylation sites (tertiary alicyclic amines) is 1. The molecule has 1 aromatic heterocycles. The molecular formula is C14H21N3O2S. The zero-order valence-electron chi connectivity index (χ0n) is 12.3. The second-order valence-electron chi connectivity index (χ2n) is 5.10. The molecule has 1 aromatic rings. The van der Waals surface area contributed by atoms with Crippen molar-refractivity contribution in [2.75, 3.05) is 20.1 Å². The molecule has 1 fully saturated rings. The molecule has 2 rings (SSSR count). The lowest BCUT2D eigenvalue weighted by Crippen LogP contribution is -2.34. The highest BCUT2D eigenvalue weighted by Crippen LogP contribution is 2.21. The molecule has 1 aliphatic rings. The Morgan fingerprint density at radius 1 is 1.55 bits per heavy atom. The third-order valence-corrected chi connectivity index (χ3v) is 4.77. The Morgan fingerprint density at radius 3 is 2.85 bits per heavy atom. The fraction of sp³-hybridized carbons (Fsp3) is 0.643. The van der Waals surface area contributed by atoms with E-state index < -0.39 is 0 Å². The third kappa shape index (κ3) is 3.17. The Bertz CT molecular complexity index is 500. The van der Waals surface area contributed by atoms with Gasteiger partial charge in [-0.3, -0.25) is 9.59 Å². The van der Waals surface area contributed by atoms with E-state index in [0.29, 0.717) is 26.1 Å². The number of aryl methyl sites for hydroxylation is 1. The van der Waals surface area contributed by atoms with Crippen LogP contribution < -0.4 is 0 Å². The van der Waals surface area contributed by atoms with Crippen LogP contribution in [0, 0.1) is 5.92 Å². The highest BCUT2D eigenvalue weighted by Gasteiger charge is 2.34. The SMILES string of the molecule is CCc1cnc(CN(C)C(=O)C2CC(=O)N(CC)C2)s1. The number of hydrogen-bond acceptors (Lipinski definition) is 4. The zero-order chi connectivity index (χ0) is 14.7. The highest BCUT2D eigenvalue weighted by molar-refractivity contribution is 7.11. The van der Waals surface area contributed by atoms with Gasteiger partial charge in [-0.25, -0.2) is 4.98 Å². The average Bonchev–Trinajstić information content (AvgIpc) is 3.04. The number of aromatic nitrogens is 1. The fourth-order valence-electron chi connectivity index (χ4n) is 2.42. The van der Waals surface area contributed by atoms with Gasteiger partial charge in [0.15, 0.2) is 0 Å². The van der Waals surface area contributed by atoms with Gasteiger partial charge in [0.2, 0.25) is 11.8 Å². The van der Waals surface area contributed by atoms with Crippen LogP contribution in [0.5, 0.6) is 0 Å². The van der Waals surface area contributed by atoms with E-state index in [9.17, 15) is 9.59 Å². The standard InChI is InChI=1S/C14H21N3O2S/c1-4-11-7-15-12(20-11)9-16(3)14(19)10-6-13(18)17(5-2)8-10/h7,10H,4-6,8-9H2,1-3H3. The number of rotatable bonds is 5. The number of amides is 2. The van der Waals surface area contributed by atoms with Gasteiger partial charge >= 0.3 is 0 Å². The van der Waals surface area contributed by atoms with Gasteiger partial charge in [-0.15, -0.1) is 11.3 Å². The van der Waals surface area contributed by atoms with Gasteiger partial charge in [-0.1, -0.05) is 6.92 Å². The summed E-state index contributed by atoms with van der Waals surface area (Å²) in [5.41, 5.74) is 0. The third-order valence-electron chi connectivity index (χ3n) is 3.64. The monoisotopic (exact) mass is 295 g/mol. The quantitative estimate of drug-likeness (QED) is 0.828. The molecule has 20 heavy (non-hydrogen) atoms. The normalized spacial score (nSPS) is 18.6. The molecule has 0 radical (unpaired) electrons. The summed E-state index contributed by atoms with van der Waals surface area (Å²) in [6.45, 7) is 5.79. The largest absolute Gasteiger partial charge is 0.342 e. The van der Waals surface area contributed by atoms with E-state index in [-0.39, 0.29) is 17.7 Å². The lowest BCUT2D eigenvalue weighted by molar-refractivity contribution is -0.135. The molecule has 0 saturated carbocycles. The van der Waals surface area contributed by atoms with Crippen molar-refractivity contribution in [3.63, 3.8) is 0 Å². The van der Waals surface area contributed by atoms with Crippen molar-refractivity contribution in [3.8, 4) is 0 Å². The minimum absolute atomic E-state index is 0.0440. The Morgan fingerprint density at radius 2 is 2.30 bits per heavy atom. The van der Waals surface area contributed by atoms with Gasteiger partial charge in [-0.05, 0) is 13.3 Å². The lowest BCUT2D eigenvalue weighted by atomic mass is 10.1. The van der Waals surface area contributed by atoms with Crippen molar-refractivity contribution >= 4 is 23.2 Å². The first kappa shape index (κ1) is 15.0. The topological polar surface area (TPSA) is 53.5 Å². The number of hydrogen-bond donors (Lipinski definition) is 0. The van der Waals surface area contributed by atoms with Crippen molar-refractivity contribution in [1.29, 1.82) is 0 Å². The highest BCUT2D eigenvalue weighted by atomic mass is 32.1. The van der Waals surface area contributed by atoms with E-state index in [4.69, 9.17) is 0 Å². The molecule has 1 atom stereocenters. The summed E-state index contributed by atoms with van der Waals surface area (Å²) >= 11 is 1.64. The molecule has 0 aliphatic carbocycles. The maximum atomic E-state index is 12.4. The van der Waals surface area contributed by atoms with Crippen LogP contribution in [0.15, 0.2) is 6.20 Å². The Labute approximate surface area is 123 Å². The number of nitrogens with zero attached hydrogens (tertiary/aromatic N) is 3. The van der Waals surface area contributed by atoms with Crippen molar-refractivity contribution in [2.24, 2.45) is 5.92 Å². The van der Waals surface area contributed by atoms with Gasteiger partial charge in [-0.2, -0.15) is 0 Å². The first-order valence-corrected chi connectivity index (χ1v) is 7.83. The summed E-state index contributed by atoms with van der Waals surface area (Å²) in [7, 11) is 1.79. The van der Waals surface area contributed by atoms with E-state index in [1.165, 1.54) is 4.88 Å². The molecule has 0 aromatic carbocycles. The smallest absolute Gasteiger partial charge is 0.228 e. The second-order valence-corrected chi connectivity index (χ2v) is 6.30. The first-order chi connectivity index (χ1) is 9.55. The molecular weight excluding hydrogens is 274 g/mol. The summed E-state index contributed by atoms with van der Waals surface area (Å²) in [6.07, 6.45) is 3.18. The molecule has 110 valence electrons. The van der Waals surface area contributed by atoms with Crippen LogP contribution in [-0.2, 0) is 22.6 Å². The van der Waals surface area contributed by atoms with Crippen molar-refractivity contribution in [2.45, 2.75) is 33.2 Å². The van der Waals surface area contributed by atoms with Crippen molar-refractivity contribution in [3.05, 3.63) is 16.1 Å². The van der Waals surface area contributed by atoms with Crippen LogP contribution in [0.4, 0.5) is 0 Å². The first-order valence-electron chi connectivity index (χ1n) is 7.01. The van der Waals surface area contributed by atoms with Gasteiger partial charge in [0.1, 0.15) is 5.01 Å². The summed E-state index contributed by atoms with van der Waals surface area (Å²) in [4.78, 5) is 33.0. The average molecular weight is 295 g/mol. The second kappa shape index (κ2) is 6.35. The molecule has 5 nitrogen and oxygen atoms in total. The number of carbonyl (C=O) groups excluding carboxylic acids is 2. The van der Waals surface area contributed by atoms with Crippen LogP contribution in [0.25, 0.3) is 0 Å². The van der Waals surface area contributed by atoms with Crippen LogP contribution in [0.1, 0.15) is 30.2 Å². The minimum atomic E-state index is -0.196. The van der Waals surface area contributed by atoms with Gasteiger partial charge < -0.3 is 9.80 Å². The molecule has 1 unspecified atom stereocenters. The summed E-state index contributed by atoms with van der Waals surface area (Å²) < 4.78 is 0. The molecule has 1 saturated heterocycles. The molecule has 0 N–H and O–H groups in total. The Balaban J connectivity index is 1.94.